The minimum Gasteiger partial charge on any atom is -0.420 e. The summed E-state index contributed by atoms with van der Waals surface area (Å²) in [5.41, 5.74) is 2.27. The summed E-state index contributed by atoms with van der Waals surface area (Å²) in [6.45, 7) is 3.07. The van der Waals surface area contributed by atoms with Gasteiger partial charge < -0.3 is 4.42 Å². The molecule has 2 aromatic carbocycles. The van der Waals surface area contributed by atoms with Gasteiger partial charge in [0.25, 0.3) is 0 Å². The molecule has 3 heterocycles. The number of aromatic nitrogens is 3. The van der Waals surface area contributed by atoms with Gasteiger partial charge in [-0.05, 0) is 54.4 Å². The highest BCUT2D eigenvalue weighted by Crippen LogP contribution is 2.30. The molecule has 5 nitrogen and oxygen atoms in total. The third-order valence-corrected chi connectivity index (χ3v) is 5.56. The van der Waals surface area contributed by atoms with E-state index in [0.717, 1.165) is 43.9 Å². The minimum absolute atomic E-state index is 0.335. The summed E-state index contributed by atoms with van der Waals surface area (Å²) in [6, 6.07) is 19.0. The number of nitrogens with zero attached hydrogens (tertiary/aromatic N) is 4. The molecule has 0 N–H and O–H groups in total. The van der Waals surface area contributed by atoms with Gasteiger partial charge in [-0.3, -0.25) is 9.88 Å². The summed E-state index contributed by atoms with van der Waals surface area (Å²) >= 11 is 0. The fourth-order valence-electron chi connectivity index (χ4n) is 4.01. The van der Waals surface area contributed by atoms with Crippen molar-refractivity contribution in [2.75, 3.05) is 13.1 Å². The van der Waals surface area contributed by atoms with E-state index >= 15 is 0 Å². The molecule has 0 bridgehead atoms. The highest BCUT2D eigenvalue weighted by atomic mass is 16.4. The lowest BCUT2D eigenvalue weighted by Crippen LogP contribution is -2.32. The molecular weight excluding hydrogens is 348 g/mol. The van der Waals surface area contributed by atoms with E-state index in [1.807, 2.05) is 12.1 Å². The lowest BCUT2D eigenvalue weighted by atomic mass is 9.96. The van der Waals surface area contributed by atoms with E-state index in [1.165, 1.54) is 16.3 Å². The van der Waals surface area contributed by atoms with Gasteiger partial charge in [-0.1, -0.05) is 42.5 Å². The Morgan fingerprint density at radius 2 is 1.79 bits per heavy atom. The second kappa shape index (κ2) is 7.52. The first kappa shape index (κ1) is 17.1. The molecule has 5 heteroatoms. The molecule has 28 heavy (non-hydrogen) atoms. The minimum atomic E-state index is 0.335. The van der Waals surface area contributed by atoms with Crippen molar-refractivity contribution >= 4 is 10.8 Å². The van der Waals surface area contributed by atoms with Crippen molar-refractivity contribution in [2.45, 2.75) is 25.3 Å². The first-order chi connectivity index (χ1) is 13.9. The van der Waals surface area contributed by atoms with Gasteiger partial charge in [0.2, 0.25) is 11.8 Å². The summed E-state index contributed by atoms with van der Waals surface area (Å²) in [7, 11) is 0. The largest absolute Gasteiger partial charge is 0.420 e. The van der Waals surface area contributed by atoms with Crippen LogP contribution in [0.3, 0.4) is 0 Å². The molecule has 5 rings (SSSR count). The van der Waals surface area contributed by atoms with Crippen LogP contribution in [0.15, 0.2) is 71.4 Å². The van der Waals surface area contributed by atoms with E-state index in [1.54, 1.807) is 12.4 Å². The maximum atomic E-state index is 5.94. The van der Waals surface area contributed by atoms with E-state index < -0.39 is 0 Å². The molecule has 0 spiro atoms. The maximum Gasteiger partial charge on any atom is 0.249 e. The molecule has 0 aliphatic carbocycles. The molecule has 1 saturated heterocycles. The molecule has 1 fully saturated rings. The Morgan fingerprint density at radius 1 is 0.929 bits per heavy atom. The van der Waals surface area contributed by atoms with Crippen LogP contribution in [0.4, 0.5) is 0 Å². The Labute approximate surface area is 164 Å². The third-order valence-electron chi connectivity index (χ3n) is 5.56. The summed E-state index contributed by atoms with van der Waals surface area (Å²) in [5.74, 6) is 1.65. The van der Waals surface area contributed by atoms with Gasteiger partial charge >= 0.3 is 0 Å². The van der Waals surface area contributed by atoms with Gasteiger partial charge in [0.05, 0.1) is 5.56 Å². The topological polar surface area (TPSA) is 55.1 Å². The van der Waals surface area contributed by atoms with Crippen molar-refractivity contribution in [1.82, 2.24) is 20.1 Å². The first-order valence-electron chi connectivity index (χ1n) is 9.79. The lowest BCUT2D eigenvalue weighted by molar-refractivity contribution is 0.194. The number of pyridine rings is 1. The summed E-state index contributed by atoms with van der Waals surface area (Å²) < 4.78 is 5.94. The van der Waals surface area contributed by atoms with Crippen LogP contribution in [0.1, 0.15) is 30.2 Å². The SMILES string of the molecule is c1cncc(-c2nnc(C3CCN(Cc4cccc5ccccc45)CC3)o2)c1. The number of rotatable bonds is 4. The Balaban J connectivity index is 1.25. The van der Waals surface area contributed by atoms with Crippen LogP contribution in [0.25, 0.3) is 22.2 Å². The second-order valence-corrected chi connectivity index (χ2v) is 7.38. The van der Waals surface area contributed by atoms with Crippen LogP contribution >= 0.6 is 0 Å². The van der Waals surface area contributed by atoms with Crippen LogP contribution in [0.5, 0.6) is 0 Å². The van der Waals surface area contributed by atoms with Crippen molar-refractivity contribution in [3.05, 3.63) is 78.4 Å². The highest BCUT2D eigenvalue weighted by molar-refractivity contribution is 5.85. The molecular formula is C23H22N4O. The Kier molecular flexibility index (Phi) is 4.59. The average molecular weight is 370 g/mol. The monoisotopic (exact) mass is 370 g/mol. The molecule has 4 aromatic rings. The molecule has 0 unspecified atom stereocenters. The summed E-state index contributed by atoms with van der Waals surface area (Å²) in [5, 5.41) is 11.2. The zero-order chi connectivity index (χ0) is 18.8. The van der Waals surface area contributed by atoms with Gasteiger partial charge in [-0.15, -0.1) is 10.2 Å². The van der Waals surface area contributed by atoms with E-state index in [-0.39, 0.29) is 0 Å². The molecule has 0 amide bonds. The molecule has 2 aromatic heterocycles. The smallest absolute Gasteiger partial charge is 0.249 e. The lowest BCUT2D eigenvalue weighted by Gasteiger charge is -2.30. The third kappa shape index (κ3) is 3.41. The molecule has 0 atom stereocenters. The van der Waals surface area contributed by atoms with E-state index in [0.29, 0.717) is 11.8 Å². The number of hydrogen-bond acceptors (Lipinski definition) is 5. The average Bonchev–Trinajstić information content (AvgIpc) is 3.26. The van der Waals surface area contributed by atoms with Crippen molar-refractivity contribution < 1.29 is 4.42 Å². The Morgan fingerprint density at radius 3 is 2.64 bits per heavy atom. The van der Waals surface area contributed by atoms with Crippen molar-refractivity contribution in [2.24, 2.45) is 0 Å². The van der Waals surface area contributed by atoms with Gasteiger partial charge in [0.1, 0.15) is 0 Å². The molecule has 0 radical (unpaired) electrons. The summed E-state index contributed by atoms with van der Waals surface area (Å²) in [4.78, 5) is 6.64. The van der Waals surface area contributed by atoms with Crippen LogP contribution in [0, 0.1) is 0 Å². The van der Waals surface area contributed by atoms with Gasteiger partial charge in [0.15, 0.2) is 0 Å². The van der Waals surface area contributed by atoms with Crippen molar-refractivity contribution in [1.29, 1.82) is 0 Å². The van der Waals surface area contributed by atoms with E-state index in [4.69, 9.17) is 4.42 Å². The molecule has 1 aliphatic heterocycles. The predicted molar refractivity (Wildman–Crippen MR) is 109 cm³/mol. The Hall–Kier alpha value is -3.05. The zero-order valence-corrected chi connectivity index (χ0v) is 15.7. The molecule has 1 aliphatic rings. The number of fused-ring (bicyclic) bond motifs is 1. The van der Waals surface area contributed by atoms with Crippen molar-refractivity contribution in [3.63, 3.8) is 0 Å². The van der Waals surface area contributed by atoms with E-state index in [9.17, 15) is 0 Å². The molecule has 140 valence electrons. The number of piperidine rings is 1. The Bertz CT molecular complexity index is 1060. The number of likely N-dealkylation sites (tertiary alicyclic amines) is 1. The van der Waals surface area contributed by atoms with Crippen LogP contribution in [0.2, 0.25) is 0 Å². The van der Waals surface area contributed by atoms with Crippen LogP contribution < -0.4 is 0 Å². The number of hydrogen-bond donors (Lipinski definition) is 0. The van der Waals surface area contributed by atoms with Gasteiger partial charge in [-0.2, -0.15) is 0 Å². The second-order valence-electron chi connectivity index (χ2n) is 7.38. The highest BCUT2D eigenvalue weighted by Gasteiger charge is 2.25. The first-order valence-corrected chi connectivity index (χ1v) is 9.79. The summed E-state index contributed by atoms with van der Waals surface area (Å²) in [6.07, 6.45) is 5.58. The predicted octanol–water partition coefficient (Wildman–Crippen LogP) is 4.66. The van der Waals surface area contributed by atoms with E-state index in [2.05, 4.69) is 62.5 Å². The zero-order valence-electron chi connectivity index (χ0n) is 15.7. The van der Waals surface area contributed by atoms with Gasteiger partial charge in [-0.25, -0.2) is 0 Å². The maximum absolute atomic E-state index is 5.94. The normalized spacial score (nSPS) is 15.9. The van der Waals surface area contributed by atoms with Crippen molar-refractivity contribution in [3.8, 4) is 11.5 Å². The fourth-order valence-corrected chi connectivity index (χ4v) is 4.01. The van der Waals surface area contributed by atoms with Gasteiger partial charge in [0, 0.05) is 24.9 Å². The quantitative estimate of drug-likeness (QED) is 0.523. The van der Waals surface area contributed by atoms with Crippen LogP contribution in [-0.2, 0) is 6.54 Å². The fraction of sp³-hybridized carbons (Fsp3) is 0.261. The van der Waals surface area contributed by atoms with Crippen LogP contribution in [-0.4, -0.2) is 33.2 Å². The standard InChI is InChI=1S/C23H22N4O/c1-2-9-21-17(5-1)6-3-7-20(21)16-27-13-10-18(11-14-27)22-25-26-23(28-22)19-8-4-12-24-15-19/h1-9,12,15,18H,10-11,13-14,16H2. The number of benzene rings is 2. The molecule has 0 saturated carbocycles.